The molecule has 0 bridgehead atoms. The molecule has 4 aromatic rings. The summed E-state index contributed by atoms with van der Waals surface area (Å²) in [5.74, 6) is -2.37. The Morgan fingerprint density at radius 3 is 2.65 bits per heavy atom. The van der Waals surface area contributed by atoms with Crippen LogP contribution in [-0.4, -0.2) is 31.8 Å². The number of halogens is 3. The summed E-state index contributed by atoms with van der Waals surface area (Å²) in [6.45, 7) is 0.664. The van der Waals surface area contributed by atoms with E-state index in [0.717, 1.165) is 17.7 Å². The van der Waals surface area contributed by atoms with Gasteiger partial charge in [0.05, 0.1) is 24.8 Å². The van der Waals surface area contributed by atoms with E-state index in [1.165, 1.54) is 21.8 Å². The average molecular weight is 444 g/mol. The largest absolute Gasteiger partial charge is 0.350 e. The first-order valence-electron chi connectivity index (χ1n) is 9.31. The number of aromatic nitrogens is 4. The predicted octanol–water partition coefficient (Wildman–Crippen LogP) is 3.00. The second kappa shape index (κ2) is 8.65. The lowest BCUT2D eigenvalue weighted by Gasteiger charge is -2.08. The summed E-state index contributed by atoms with van der Waals surface area (Å²) in [5, 5.41) is 7.66. The second-order valence-corrected chi connectivity index (χ2v) is 7.23. The third-order valence-electron chi connectivity index (χ3n) is 4.67. The van der Waals surface area contributed by atoms with E-state index in [2.05, 4.69) is 15.4 Å². The van der Waals surface area contributed by atoms with Gasteiger partial charge in [0.15, 0.2) is 5.65 Å². The number of rotatable bonds is 6. The Labute approximate surface area is 179 Å². The van der Waals surface area contributed by atoms with Gasteiger partial charge in [0.25, 0.3) is 11.5 Å². The monoisotopic (exact) mass is 443 g/mol. The molecule has 2 heterocycles. The molecule has 0 unspecified atom stereocenters. The van der Waals surface area contributed by atoms with Gasteiger partial charge in [-0.05, 0) is 29.8 Å². The van der Waals surface area contributed by atoms with Gasteiger partial charge in [-0.1, -0.05) is 23.7 Å². The standard InChI is InChI=1S/C21H16ClF2N5O2/c22-14-3-1-13(2-4-14)11-28-12-26-19-17(21(28)31)10-27-29(19)8-7-25-20(30)16-6-5-15(23)9-18(16)24/h1-6,9-10,12H,7-8,11H2,(H,25,30). The maximum Gasteiger partial charge on any atom is 0.264 e. The zero-order valence-corrected chi connectivity index (χ0v) is 16.8. The van der Waals surface area contributed by atoms with Crippen molar-refractivity contribution in [3.05, 3.63) is 93.1 Å². The lowest BCUT2D eigenvalue weighted by Crippen LogP contribution is -2.28. The number of carbonyl (C=O) groups is 1. The van der Waals surface area contributed by atoms with Crippen molar-refractivity contribution in [2.45, 2.75) is 13.1 Å². The maximum absolute atomic E-state index is 13.7. The lowest BCUT2D eigenvalue weighted by atomic mass is 10.2. The van der Waals surface area contributed by atoms with Gasteiger partial charge in [0, 0.05) is 17.6 Å². The third-order valence-corrected chi connectivity index (χ3v) is 4.93. The summed E-state index contributed by atoms with van der Waals surface area (Å²) < 4.78 is 29.6. The number of benzene rings is 2. The van der Waals surface area contributed by atoms with Crippen molar-refractivity contribution in [1.82, 2.24) is 24.6 Å². The number of hydrogen-bond donors (Lipinski definition) is 1. The van der Waals surface area contributed by atoms with Gasteiger partial charge in [-0.15, -0.1) is 0 Å². The molecule has 0 saturated carbocycles. The molecule has 0 atom stereocenters. The summed E-state index contributed by atoms with van der Waals surface area (Å²) in [7, 11) is 0. The fourth-order valence-corrected chi connectivity index (χ4v) is 3.23. The van der Waals surface area contributed by atoms with Gasteiger partial charge >= 0.3 is 0 Å². The van der Waals surface area contributed by atoms with E-state index in [0.29, 0.717) is 28.7 Å². The van der Waals surface area contributed by atoms with Crippen molar-refractivity contribution in [3.8, 4) is 0 Å². The molecule has 1 amide bonds. The highest BCUT2D eigenvalue weighted by Crippen LogP contribution is 2.12. The zero-order chi connectivity index (χ0) is 22.0. The van der Waals surface area contributed by atoms with E-state index in [1.807, 2.05) is 12.1 Å². The fourth-order valence-electron chi connectivity index (χ4n) is 3.10. The molecule has 2 aromatic heterocycles. The van der Waals surface area contributed by atoms with E-state index < -0.39 is 17.5 Å². The molecule has 1 N–H and O–H groups in total. The van der Waals surface area contributed by atoms with E-state index in [-0.39, 0.29) is 24.2 Å². The molecule has 0 aliphatic heterocycles. The molecule has 0 spiro atoms. The number of fused-ring (bicyclic) bond motifs is 1. The Bertz CT molecular complexity index is 1320. The summed E-state index contributed by atoms with van der Waals surface area (Å²) in [5.41, 5.74) is 0.772. The molecule has 0 aliphatic carbocycles. The van der Waals surface area contributed by atoms with Crippen LogP contribution in [0.1, 0.15) is 15.9 Å². The van der Waals surface area contributed by atoms with Gasteiger partial charge in [-0.25, -0.2) is 18.4 Å². The third kappa shape index (κ3) is 4.46. The van der Waals surface area contributed by atoms with Crippen molar-refractivity contribution >= 4 is 28.5 Å². The van der Waals surface area contributed by atoms with E-state index >= 15 is 0 Å². The summed E-state index contributed by atoms with van der Waals surface area (Å²) in [6.07, 6.45) is 2.86. The molecule has 0 fully saturated rings. The highest BCUT2D eigenvalue weighted by Gasteiger charge is 2.14. The second-order valence-electron chi connectivity index (χ2n) is 6.79. The molecule has 0 radical (unpaired) electrons. The quantitative estimate of drug-likeness (QED) is 0.496. The molecule has 2 aromatic carbocycles. The van der Waals surface area contributed by atoms with Crippen LogP contribution < -0.4 is 10.9 Å². The van der Waals surface area contributed by atoms with Crippen molar-refractivity contribution in [1.29, 1.82) is 0 Å². The van der Waals surface area contributed by atoms with Crippen LogP contribution in [-0.2, 0) is 13.1 Å². The Kier molecular flexibility index (Phi) is 5.77. The van der Waals surface area contributed by atoms with Crippen LogP contribution in [0.2, 0.25) is 5.02 Å². The van der Waals surface area contributed by atoms with Gasteiger partial charge in [0.2, 0.25) is 0 Å². The highest BCUT2D eigenvalue weighted by atomic mass is 35.5. The molecule has 10 heteroatoms. The molecule has 0 saturated heterocycles. The van der Waals surface area contributed by atoms with Gasteiger partial charge < -0.3 is 5.32 Å². The van der Waals surface area contributed by atoms with Crippen LogP contribution in [0.15, 0.2) is 59.8 Å². The number of nitrogens with zero attached hydrogens (tertiary/aromatic N) is 4. The van der Waals surface area contributed by atoms with Gasteiger partial charge in [0.1, 0.15) is 23.3 Å². The van der Waals surface area contributed by atoms with Gasteiger partial charge in [-0.2, -0.15) is 5.10 Å². The molecule has 158 valence electrons. The van der Waals surface area contributed by atoms with E-state index in [1.54, 1.807) is 12.1 Å². The SMILES string of the molecule is O=C(NCCn1ncc2c(=O)n(Cc3ccc(Cl)cc3)cnc21)c1ccc(F)cc1F. The normalized spacial score (nSPS) is 11.1. The van der Waals surface area contributed by atoms with Crippen LogP contribution in [0.4, 0.5) is 8.78 Å². The lowest BCUT2D eigenvalue weighted by molar-refractivity contribution is 0.0948. The van der Waals surface area contributed by atoms with Crippen LogP contribution >= 0.6 is 11.6 Å². The minimum atomic E-state index is -0.940. The first-order valence-corrected chi connectivity index (χ1v) is 9.69. The predicted molar refractivity (Wildman–Crippen MR) is 111 cm³/mol. The minimum Gasteiger partial charge on any atom is -0.350 e. The molecular weight excluding hydrogens is 428 g/mol. The van der Waals surface area contributed by atoms with Crippen molar-refractivity contribution in [2.75, 3.05) is 6.54 Å². The highest BCUT2D eigenvalue weighted by molar-refractivity contribution is 6.30. The maximum atomic E-state index is 13.7. The van der Waals surface area contributed by atoms with Crippen molar-refractivity contribution < 1.29 is 13.6 Å². The molecule has 7 nitrogen and oxygen atoms in total. The number of hydrogen-bond acceptors (Lipinski definition) is 4. The molecular formula is C21H16ClF2N5O2. The Balaban J connectivity index is 1.45. The van der Waals surface area contributed by atoms with Crippen molar-refractivity contribution in [3.63, 3.8) is 0 Å². The number of nitrogens with one attached hydrogen (secondary N) is 1. The fraction of sp³-hybridized carbons (Fsp3) is 0.143. The first-order chi connectivity index (χ1) is 14.9. The zero-order valence-electron chi connectivity index (χ0n) is 16.1. The van der Waals surface area contributed by atoms with Crippen LogP contribution in [0.3, 0.4) is 0 Å². The van der Waals surface area contributed by atoms with Crippen molar-refractivity contribution in [2.24, 2.45) is 0 Å². The minimum absolute atomic E-state index is 0.113. The Morgan fingerprint density at radius 2 is 1.90 bits per heavy atom. The Hall–Kier alpha value is -3.59. The van der Waals surface area contributed by atoms with E-state index in [9.17, 15) is 18.4 Å². The number of amides is 1. The number of carbonyl (C=O) groups excluding carboxylic acids is 1. The van der Waals surface area contributed by atoms with E-state index in [4.69, 9.17) is 11.6 Å². The average Bonchev–Trinajstić information content (AvgIpc) is 3.15. The summed E-state index contributed by atoms with van der Waals surface area (Å²) in [4.78, 5) is 29.1. The molecule has 0 aliphatic rings. The van der Waals surface area contributed by atoms with Gasteiger partial charge in [-0.3, -0.25) is 14.2 Å². The van der Waals surface area contributed by atoms with Crippen LogP contribution in [0.5, 0.6) is 0 Å². The Morgan fingerprint density at radius 1 is 1.13 bits per heavy atom. The smallest absolute Gasteiger partial charge is 0.264 e. The summed E-state index contributed by atoms with van der Waals surface area (Å²) >= 11 is 5.89. The molecule has 31 heavy (non-hydrogen) atoms. The van der Waals surface area contributed by atoms with Crippen LogP contribution in [0.25, 0.3) is 11.0 Å². The topological polar surface area (TPSA) is 81.8 Å². The summed E-state index contributed by atoms with van der Waals surface area (Å²) in [6, 6.07) is 9.89. The first kappa shape index (κ1) is 20.7. The van der Waals surface area contributed by atoms with Crippen LogP contribution in [0, 0.1) is 11.6 Å². The molecule has 4 rings (SSSR count).